The van der Waals surface area contributed by atoms with Crippen LogP contribution in [0.15, 0.2) is 24.3 Å². The molecule has 4 nitrogen and oxygen atoms in total. The highest BCUT2D eigenvalue weighted by Gasteiger charge is 2.45. The average molecular weight is 261 g/mol. The zero-order valence-corrected chi connectivity index (χ0v) is 11.7. The normalized spacial score (nSPS) is 23.9. The van der Waals surface area contributed by atoms with Crippen LogP contribution in [0.4, 0.5) is 0 Å². The summed E-state index contributed by atoms with van der Waals surface area (Å²) in [5.41, 5.74) is 2.36. The van der Waals surface area contributed by atoms with E-state index in [1.54, 1.807) is 0 Å². The number of hydrogen-bond acceptors (Lipinski definition) is 3. The highest BCUT2D eigenvalue weighted by molar-refractivity contribution is 5.83. The Labute approximate surface area is 113 Å². The third kappa shape index (κ3) is 3.30. The SMILES string of the molecule is Cc1ccc(C2[C@H](C)C(=O)NC2(C)C)cc1.O=C=O. The second-order valence-electron chi connectivity index (χ2n) is 5.47. The lowest BCUT2D eigenvalue weighted by molar-refractivity contribution is -0.191. The molecule has 1 heterocycles. The van der Waals surface area contributed by atoms with Crippen LogP contribution in [0, 0.1) is 12.8 Å². The van der Waals surface area contributed by atoms with Crippen LogP contribution in [-0.2, 0) is 14.4 Å². The molecule has 19 heavy (non-hydrogen) atoms. The van der Waals surface area contributed by atoms with E-state index in [1.807, 2.05) is 6.92 Å². The molecule has 0 saturated carbocycles. The van der Waals surface area contributed by atoms with E-state index in [2.05, 4.69) is 50.4 Å². The number of aryl methyl sites for hydroxylation is 1. The maximum absolute atomic E-state index is 11.7. The van der Waals surface area contributed by atoms with Gasteiger partial charge in [0.15, 0.2) is 0 Å². The molecule has 102 valence electrons. The van der Waals surface area contributed by atoms with Gasteiger partial charge in [0.05, 0.1) is 0 Å². The van der Waals surface area contributed by atoms with Crippen LogP contribution in [0.25, 0.3) is 0 Å². The number of rotatable bonds is 1. The minimum atomic E-state index is -0.147. The first-order valence-corrected chi connectivity index (χ1v) is 6.21. The molecule has 1 aromatic carbocycles. The highest BCUT2D eigenvalue weighted by Crippen LogP contribution is 2.39. The van der Waals surface area contributed by atoms with Crippen LogP contribution >= 0.6 is 0 Å². The van der Waals surface area contributed by atoms with Gasteiger partial charge in [-0.3, -0.25) is 4.79 Å². The predicted molar refractivity (Wildman–Crippen MR) is 70.3 cm³/mol. The van der Waals surface area contributed by atoms with Crippen molar-refractivity contribution in [2.45, 2.75) is 39.2 Å². The molecular weight excluding hydrogens is 242 g/mol. The summed E-state index contributed by atoms with van der Waals surface area (Å²) in [5, 5.41) is 3.07. The molecule has 2 atom stereocenters. The van der Waals surface area contributed by atoms with Gasteiger partial charge in [-0.25, -0.2) is 0 Å². The number of nitrogens with one attached hydrogen (secondary N) is 1. The Morgan fingerprint density at radius 2 is 1.63 bits per heavy atom. The van der Waals surface area contributed by atoms with Crippen LogP contribution in [0.1, 0.15) is 37.8 Å². The second kappa shape index (κ2) is 5.81. The molecule has 0 bridgehead atoms. The molecule has 1 aliphatic heterocycles. The van der Waals surface area contributed by atoms with Crippen molar-refractivity contribution in [2.75, 3.05) is 0 Å². The van der Waals surface area contributed by atoms with Crippen LogP contribution in [0.3, 0.4) is 0 Å². The standard InChI is InChI=1S/C14H19NO.CO2/c1-9-5-7-11(8-6-9)12-10(2)13(16)15-14(12,3)4;2-1-3/h5-8,10,12H,1-4H3,(H,15,16);/t10-,12?;/m0./s1. The smallest absolute Gasteiger partial charge is 0.350 e. The molecule has 4 heteroatoms. The van der Waals surface area contributed by atoms with Crippen molar-refractivity contribution < 1.29 is 14.4 Å². The minimum absolute atomic E-state index is 0.0534. The number of carbonyl (C=O) groups excluding carboxylic acids is 3. The van der Waals surface area contributed by atoms with Gasteiger partial charge < -0.3 is 5.32 Å². The molecular formula is C15H19NO3. The fourth-order valence-corrected chi connectivity index (χ4v) is 2.76. The van der Waals surface area contributed by atoms with E-state index in [0.29, 0.717) is 0 Å². The van der Waals surface area contributed by atoms with Gasteiger partial charge in [-0.05, 0) is 26.3 Å². The summed E-state index contributed by atoms with van der Waals surface area (Å²) in [6.07, 6.45) is 0.250. The summed E-state index contributed by atoms with van der Waals surface area (Å²) in [7, 11) is 0. The molecule has 1 N–H and O–H groups in total. The minimum Gasteiger partial charge on any atom is -0.350 e. The summed E-state index contributed by atoms with van der Waals surface area (Å²) in [6, 6.07) is 8.50. The van der Waals surface area contributed by atoms with Gasteiger partial charge in [-0.2, -0.15) is 9.59 Å². The molecule has 1 fully saturated rings. The molecule has 0 radical (unpaired) electrons. The van der Waals surface area contributed by atoms with Crippen LogP contribution < -0.4 is 5.32 Å². The Kier molecular flexibility index (Phi) is 4.62. The van der Waals surface area contributed by atoms with Gasteiger partial charge in [0.1, 0.15) is 0 Å². The second-order valence-corrected chi connectivity index (χ2v) is 5.47. The quantitative estimate of drug-likeness (QED) is 0.841. The van der Waals surface area contributed by atoms with Gasteiger partial charge >= 0.3 is 6.15 Å². The molecule has 2 rings (SSSR count). The molecule has 0 aromatic heterocycles. The summed E-state index contributed by atoms with van der Waals surface area (Å²) >= 11 is 0. The maximum atomic E-state index is 11.7. The van der Waals surface area contributed by atoms with Gasteiger partial charge in [-0.15, -0.1) is 0 Å². The molecule has 1 amide bonds. The monoisotopic (exact) mass is 261 g/mol. The van der Waals surface area contributed by atoms with Crippen molar-refractivity contribution >= 4 is 12.1 Å². The first-order chi connectivity index (χ1) is 8.83. The van der Waals surface area contributed by atoms with Crippen LogP contribution in [-0.4, -0.2) is 17.6 Å². The third-order valence-electron chi connectivity index (χ3n) is 3.57. The van der Waals surface area contributed by atoms with Gasteiger partial charge in [0.25, 0.3) is 0 Å². The number of amides is 1. The lowest BCUT2D eigenvalue weighted by Crippen LogP contribution is -2.38. The molecule has 0 spiro atoms. The van der Waals surface area contributed by atoms with Crippen molar-refractivity contribution in [1.29, 1.82) is 0 Å². The Bertz CT molecular complexity index is 485. The summed E-state index contributed by atoms with van der Waals surface area (Å²) in [6.45, 7) is 8.28. The van der Waals surface area contributed by atoms with Crippen LogP contribution in [0.5, 0.6) is 0 Å². The lowest BCUT2D eigenvalue weighted by atomic mass is 9.78. The molecule has 0 aliphatic carbocycles. The third-order valence-corrected chi connectivity index (χ3v) is 3.57. The fourth-order valence-electron chi connectivity index (χ4n) is 2.76. The zero-order valence-electron chi connectivity index (χ0n) is 11.7. The van der Waals surface area contributed by atoms with E-state index in [1.165, 1.54) is 11.1 Å². The van der Waals surface area contributed by atoms with E-state index in [-0.39, 0.29) is 29.4 Å². The predicted octanol–water partition coefficient (Wildman–Crippen LogP) is 2.04. The highest BCUT2D eigenvalue weighted by atomic mass is 16.2. The first kappa shape index (κ1) is 15.1. The molecule has 1 saturated heterocycles. The van der Waals surface area contributed by atoms with Crippen LogP contribution in [0.2, 0.25) is 0 Å². The number of hydrogen-bond donors (Lipinski definition) is 1. The Hall–Kier alpha value is -1.93. The van der Waals surface area contributed by atoms with Crippen molar-refractivity contribution in [3.8, 4) is 0 Å². The van der Waals surface area contributed by atoms with Crippen molar-refractivity contribution in [3.05, 3.63) is 35.4 Å². The van der Waals surface area contributed by atoms with Crippen molar-refractivity contribution in [2.24, 2.45) is 5.92 Å². The fraction of sp³-hybridized carbons (Fsp3) is 0.467. The average Bonchev–Trinajstić information content (AvgIpc) is 2.51. The van der Waals surface area contributed by atoms with E-state index in [0.717, 1.165) is 0 Å². The Morgan fingerprint density at radius 1 is 1.16 bits per heavy atom. The van der Waals surface area contributed by atoms with E-state index in [9.17, 15) is 4.79 Å². The van der Waals surface area contributed by atoms with Crippen molar-refractivity contribution in [1.82, 2.24) is 5.32 Å². The van der Waals surface area contributed by atoms with Gasteiger partial charge in [0.2, 0.25) is 5.91 Å². The zero-order chi connectivity index (χ0) is 14.6. The molecule has 1 unspecified atom stereocenters. The lowest BCUT2D eigenvalue weighted by Gasteiger charge is -2.28. The van der Waals surface area contributed by atoms with Crippen molar-refractivity contribution in [3.63, 3.8) is 0 Å². The Morgan fingerprint density at radius 3 is 2.00 bits per heavy atom. The van der Waals surface area contributed by atoms with E-state index in [4.69, 9.17) is 9.59 Å². The summed E-state index contributed by atoms with van der Waals surface area (Å²) in [5.74, 6) is 0.480. The largest absolute Gasteiger partial charge is 0.373 e. The van der Waals surface area contributed by atoms with Gasteiger partial charge in [0, 0.05) is 17.4 Å². The topological polar surface area (TPSA) is 63.2 Å². The van der Waals surface area contributed by atoms with E-state index < -0.39 is 0 Å². The summed E-state index contributed by atoms with van der Waals surface area (Å²) in [4.78, 5) is 28.0. The number of benzene rings is 1. The maximum Gasteiger partial charge on any atom is 0.373 e. The Balaban J connectivity index is 0.000000550. The molecule has 1 aliphatic rings. The van der Waals surface area contributed by atoms with Gasteiger partial charge in [-0.1, -0.05) is 36.8 Å². The first-order valence-electron chi connectivity index (χ1n) is 6.21. The molecule has 1 aromatic rings. The number of carbonyl (C=O) groups is 1. The van der Waals surface area contributed by atoms with E-state index >= 15 is 0 Å². The summed E-state index contributed by atoms with van der Waals surface area (Å²) < 4.78 is 0.